The lowest BCUT2D eigenvalue weighted by atomic mass is 9.92. The van der Waals surface area contributed by atoms with E-state index in [1.54, 1.807) is 13.1 Å². The van der Waals surface area contributed by atoms with E-state index in [0.717, 1.165) is 50.5 Å². The quantitative estimate of drug-likeness (QED) is 0.855. The summed E-state index contributed by atoms with van der Waals surface area (Å²) >= 11 is 0. The molecule has 134 valence electrons. The third-order valence-corrected chi connectivity index (χ3v) is 5.60. The number of hydrogen-bond acceptors (Lipinski definition) is 4. The van der Waals surface area contributed by atoms with Crippen LogP contribution < -0.4 is 0 Å². The highest BCUT2D eigenvalue weighted by atomic mass is 16.3. The maximum atomic E-state index is 12.3. The highest BCUT2D eigenvalue weighted by Crippen LogP contribution is 2.36. The van der Waals surface area contributed by atoms with E-state index in [0.29, 0.717) is 12.0 Å². The molecule has 3 atom stereocenters. The Balaban J connectivity index is 1.44. The molecule has 0 aromatic carbocycles. The normalized spacial score (nSPS) is 26.8. The minimum Gasteiger partial charge on any atom is -0.465 e. The first-order valence-corrected chi connectivity index (χ1v) is 9.14. The molecule has 25 heavy (non-hydrogen) atoms. The number of likely N-dealkylation sites (tertiary alicyclic amines) is 2. The molecule has 0 spiro atoms. The molecule has 4 heterocycles. The van der Waals surface area contributed by atoms with Crippen LogP contribution in [0.4, 0.5) is 0 Å². The van der Waals surface area contributed by atoms with E-state index >= 15 is 0 Å². The van der Waals surface area contributed by atoms with Crippen molar-refractivity contribution in [2.75, 3.05) is 13.1 Å². The number of aryl methyl sites for hydroxylation is 1. The average Bonchev–Trinajstić information content (AvgIpc) is 3.27. The number of nitrogens with zero attached hydrogens (tertiary/aromatic N) is 4. The second-order valence-corrected chi connectivity index (χ2v) is 7.41. The van der Waals surface area contributed by atoms with Gasteiger partial charge in [-0.1, -0.05) is 0 Å². The highest BCUT2D eigenvalue weighted by molar-refractivity contribution is 5.74. The summed E-state index contributed by atoms with van der Waals surface area (Å²) in [6.45, 7) is 7.38. The Kier molecular flexibility index (Phi) is 4.37. The molecule has 2 aromatic heterocycles. The predicted octanol–water partition coefficient (Wildman–Crippen LogP) is 2.30. The number of amides is 1. The summed E-state index contributed by atoms with van der Waals surface area (Å²) in [6, 6.07) is 6.65. The zero-order chi connectivity index (χ0) is 17.4. The monoisotopic (exact) mass is 342 g/mol. The van der Waals surface area contributed by atoms with Crippen LogP contribution in [-0.2, 0) is 17.9 Å². The van der Waals surface area contributed by atoms with Crippen molar-refractivity contribution in [2.24, 2.45) is 5.92 Å². The molecule has 0 aliphatic carbocycles. The lowest BCUT2D eigenvalue weighted by Gasteiger charge is -2.38. The SMILES string of the molecule is CC(=O)N1[C@H](Cn2cccn2)C[C@@H]2CN(Cc3ccc(C)o3)CC[C@@H]21. The van der Waals surface area contributed by atoms with Crippen molar-refractivity contribution in [1.29, 1.82) is 0 Å². The molecule has 2 fully saturated rings. The average molecular weight is 342 g/mol. The van der Waals surface area contributed by atoms with Crippen LogP contribution >= 0.6 is 0 Å². The molecule has 0 unspecified atom stereocenters. The fourth-order valence-electron chi connectivity index (χ4n) is 4.64. The van der Waals surface area contributed by atoms with E-state index in [1.165, 1.54) is 0 Å². The Hall–Kier alpha value is -2.08. The molecule has 1 amide bonds. The minimum absolute atomic E-state index is 0.194. The summed E-state index contributed by atoms with van der Waals surface area (Å²) in [7, 11) is 0. The summed E-state index contributed by atoms with van der Waals surface area (Å²) in [6.07, 6.45) is 5.87. The Labute approximate surface area is 148 Å². The molecule has 0 bridgehead atoms. The maximum Gasteiger partial charge on any atom is 0.220 e. The molecule has 0 saturated carbocycles. The van der Waals surface area contributed by atoms with Gasteiger partial charge in [-0.05, 0) is 43.9 Å². The third-order valence-electron chi connectivity index (χ3n) is 5.60. The number of aromatic nitrogens is 2. The van der Waals surface area contributed by atoms with Gasteiger partial charge in [0, 0.05) is 38.4 Å². The van der Waals surface area contributed by atoms with Crippen molar-refractivity contribution in [1.82, 2.24) is 19.6 Å². The summed E-state index contributed by atoms with van der Waals surface area (Å²) in [5.74, 6) is 2.73. The van der Waals surface area contributed by atoms with Crippen molar-refractivity contribution in [3.05, 3.63) is 42.1 Å². The van der Waals surface area contributed by atoms with Gasteiger partial charge in [0.05, 0.1) is 19.1 Å². The Morgan fingerprint density at radius 2 is 2.28 bits per heavy atom. The van der Waals surface area contributed by atoms with Crippen molar-refractivity contribution in [3.63, 3.8) is 0 Å². The Bertz CT molecular complexity index is 724. The van der Waals surface area contributed by atoms with E-state index in [9.17, 15) is 4.79 Å². The smallest absolute Gasteiger partial charge is 0.220 e. The lowest BCUT2D eigenvalue weighted by molar-refractivity contribution is -0.133. The van der Waals surface area contributed by atoms with Gasteiger partial charge in [0.15, 0.2) is 0 Å². The molecule has 6 nitrogen and oxygen atoms in total. The van der Waals surface area contributed by atoms with Gasteiger partial charge in [-0.15, -0.1) is 0 Å². The van der Waals surface area contributed by atoms with Crippen LogP contribution in [0.15, 0.2) is 35.0 Å². The van der Waals surface area contributed by atoms with Crippen LogP contribution in [0.2, 0.25) is 0 Å². The van der Waals surface area contributed by atoms with Crippen LogP contribution in [0.5, 0.6) is 0 Å². The first kappa shape index (κ1) is 16.4. The first-order valence-electron chi connectivity index (χ1n) is 9.14. The van der Waals surface area contributed by atoms with Crippen molar-refractivity contribution >= 4 is 5.91 Å². The summed E-state index contributed by atoms with van der Waals surface area (Å²) in [5, 5.41) is 4.32. The van der Waals surface area contributed by atoms with Gasteiger partial charge >= 0.3 is 0 Å². The first-order chi connectivity index (χ1) is 12.1. The van der Waals surface area contributed by atoms with E-state index in [2.05, 4.69) is 21.0 Å². The number of carbonyl (C=O) groups is 1. The van der Waals surface area contributed by atoms with E-state index in [-0.39, 0.29) is 11.9 Å². The van der Waals surface area contributed by atoms with Crippen LogP contribution in [0.25, 0.3) is 0 Å². The molecular weight excluding hydrogens is 316 g/mol. The second kappa shape index (κ2) is 6.67. The second-order valence-electron chi connectivity index (χ2n) is 7.41. The Morgan fingerprint density at radius 3 is 2.96 bits per heavy atom. The standard InChI is InChI=1S/C19H26N4O2/c1-14-4-5-18(25-14)13-21-9-6-19-16(11-21)10-17(23(19)15(2)24)12-22-8-3-7-20-22/h3-5,7-8,16-17,19H,6,9-13H2,1-2H3/t16-,17+,19+/m1/s1. The lowest BCUT2D eigenvalue weighted by Crippen LogP contribution is -2.48. The van der Waals surface area contributed by atoms with Crippen LogP contribution in [0, 0.1) is 12.8 Å². The van der Waals surface area contributed by atoms with E-state index in [1.807, 2.05) is 29.9 Å². The number of rotatable bonds is 4. The minimum atomic E-state index is 0.194. The Morgan fingerprint density at radius 1 is 1.40 bits per heavy atom. The van der Waals surface area contributed by atoms with Gasteiger partial charge in [-0.2, -0.15) is 5.10 Å². The zero-order valence-electron chi connectivity index (χ0n) is 15.0. The van der Waals surface area contributed by atoms with E-state index < -0.39 is 0 Å². The molecule has 2 aliphatic heterocycles. The molecule has 4 rings (SSSR count). The number of piperidine rings is 1. The van der Waals surface area contributed by atoms with Gasteiger partial charge in [0.1, 0.15) is 11.5 Å². The van der Waals surface area contributed by atoms with Crippen LogP contribution in [-0.4, -0.2) is 50.7 Å². The largest absolute Gasteiger partial charge is 0.465 e. The molecule has 6 heteroatoms. The fraction of sp³-hybridized carbons (Fsp3) is 0.579. The van der Waals surface area contributed by atoms with Gasteiger partial charge in [0.2, 0.25) is 5.91 Å². The van der Waals surface area contributed by atoms with Gasteiger partial charge in [0.25, 0.3) is 0 Å². The molecule has 0 N–H and O–H groups in total. The summed E-state index contributed by atoms with van der Waals surface area (Å²) in [5.41, 5.74) is 0. The third kappa shape index (κ3) is 3.35. The van der Waals surface area contributed by atoms with Crippen molar-refractivity contribution in [2.45, 2.75) is 51.9 Å². The van der Waals surface area contributed by atoms with Gasteiger partial charge in [-0.3, -0.25) is 14.4 Å². The van der Waals surface area contributed by atoms with Gasteiger partial charge in [-0.25, -0.2) is 0 Å². The topological polar surface area (TPSA) is 54.5 Å². The van der Waals surface area contributed by atoms with Crippen LogP contribution in [0.1, 0.15) is 31.3 Å². The number of fused-ring (bicyclic) bond motifs is 1. The molecule has 2 aliphatic rings. The summed E-state index contributed by atoms with van der Waals surface area (Å²) in [4.78, 5) is 16.9. The number of hydrogen-bond donors (Lipinski definition) is 0. The summed E-state index contributed by atoms with van der Waals surface area (Å²) < 4.78 is 7.68. The molecule has 0 radical (unpaired) electrons. The predicted molar refractivity (Wildman–Crippen MR) is 93.8 cm³/mol. The highest BCUT2D eigenvalue weighted by Gasteiger charge is 2.45. The molecular formula is C19H26N4O2. The molecule has 2 saturated heterocycles. The zero-order valence-corrected chi connectivity index (χ0v) is 15.0. The fourth-order valence-corrected chi connectivity index (χ4v) is 4.64. The van der Waals surface area contributed by atoms with E-state index in [4.69, 9.17) is 4.42 Å². The number of furan rings is 1. The van der Waals surface area contributed by atoms with Crippen LogP contribution in [0.3, 0.4) is 0 Å². The molecule has 2 aromatic rings. The number of carbonyl (C=O) groups excluding carboxylic acids is 1. The van der Waals surface area contributed by atoms with Gasteiger partial charge < -0.3 is 9.32 Å². The van der Waals surface area contributed by atoms with Crippen molar-refractivity contribution < 1.29 is 9.21 Å². The van der Waals surface area contributed by atoms with Crippen molar-refractivity contribution in [3.8, 4) is 0 Å². The maximum absolute atomic E-state index is 12.3.